The molecule has 1 atom stereocenters. The molecule has 218 valence electrons. The van der Waals surface area contributed by atoms with E-state index in [1.54, 1.807) is 27.0 Å². The molecule has 0 bridgehead atoms. The normalized spacial score (nSPS) is 13.4. The fraction of sp³-hybridized carbons (Fsp3) is 0.229. The van der Waals surface area contributed by atoms with Gasteiger partial charge in [0.05, 0.1) is 5.52 Å². The number of hydrogen-bond acceptors (Lipinski definition) is 5. The van der Waals surface area contributed by atoms with Crippen LogP contribution in [-0.4, -0.2) is 46.1 Å². The van der Waals surface area contributed by atoms with E-state index in [1.165, 1.54) is 4.57 Å². The van der Waals surface area contributed by atoms with E-state index in [-0.39, 0.29) is 18.9 Å². The van der Waals surface area contributed by atoms with Crippen LogP contribution in [0, 0.1) is 0 Å². The molecule has 1 heterocycles. The molecule has 1 aliphatic rings. The van der Waals surface area contributed by atoms with Gasteiger partial charge in [0.1, 0.15) is 18.2 Å². The molecule has 1 aromatic heterocycles. The summed E-state index contributed by atoms with van der Waals surface area (Å²) in [5.74, 6) is -1.37. The number of amides is 1. The van der Waals surface area contributed by atoms with Gasteiger partial charge in [-0.2, -0.15) is 0 Å². The molecular formula is C35H32N2O6. The Morgan fingerprint density at radius 1 is 0.860 bits per heavy atom. The van der Waals surface area contributed by atoms with Crippen LogP contribution < -0.4 is 5.32 Å². The van der Waals surface area contributed by atoms with E-state index in [0.29, 0.717) is 16.5 Å². The van der Waals surface area contributed by atoms with Crippen molar-refractivity contribution < 1.29 is 29.0 Å². The molecule has 0 fully saturated rings. The number of carboxylic acid groups (broad SMARTS) is 1. The lowest BCUT2D eigenvalue weighted by Crippen LogP contribution is -2.42. The van der Waals surface area contributed by atoms with Crippen LogP contribution in [0.4, 0.5) is 9.59 Å². The van der Waals surface area contributed by atoms with E-state index in [1.807, 2.05) is 84.9 Å². The summed E-state index contributed by atoms with van der Waals surface area (Å²) in [7, 11) is 0. The number of nitrogens with one attached hydrogen (secondary N) is 1. The minimum atomic E-state index is -1.29. The van der Waals surface area contributed by atoms with Crippen molar-refractivity contribution in [2.24, 2.45) is 0 Å². The molecule has 0 saturated heterocycles. The fourth-order valence-electron chi connectivity index (χ4n) is 5.88. The van der Waals surface area contributed by atoms with Crippen LogP contribution in [0.3, 0.4) is 0 Å². The third-order valence-electron chi connectivity index (χ3n) is 7.72. The summed E-state index contributed by atoms with van der Waals surface area (Å²) in [5, 5.41) is 15.1. The largest absolute Gasteiger partial charge is 0.480 e. The number of carbonyl (C=O) groups excluding carboxylic acids is 2. The summed E-state index contributed by atoms with van der Waals surface area (Å²) >= 11 is 0. The number of fused-ring (bicyclic) bond motifs is 6. The Morgan fingerprint density at radius 2 is 1.49 bits per heavy atom. The van der Waals surface area contributed by atoms with E-state index >= 15 is 0 Å². The zero-order valence-electron chi connectivity index (χ0n) is 24.2. The number of carbonyl (C=O) groups is 3. The number of aliphatic carboxylic acids is 1. The first-order chi connectivity index (χ1) is 20.6. The highest BCUT2D eigenvalue weighted by molar-refractivity contribution is 6.10. The number of ether oxygens (including phenoxy) is 2. The van der Waals surface area contributed by atoms with Crippen molar-refractivity contribution in [3.8, 4) is 11.1 Å². The smallest absolute Gasteiger partial charge is 0.419 e. The second-order valence-corrected chi connectivity index (χ2v) is 11.8. The van der Waals surface area contributed by atoms with Crippen molar-refractivity contribution >= 4 is 39.8 Å². The van der Waals surface area contributed by atoms with Crippen molar-refractivity contribution in [3.05, 3.63) is 108 Å². The Bertz CT molecular complexity index is 1840. The summed E-state index contributed by atoms with van der Waals surface area (Å²) < 4.78 is 12.7. The van der Waals surface area contributed by atoms with Gasteiger partial charge in [-0.25, -0.2) is 14.4 Å². The molecule has 8 nitrogen and oxygen atoms in total. The van der Waals surface area contributed by atoms with Crippen LogP contribution in [0.15, 0.2) is 91.1 Å². The van der Waals surface area contributed by atoms with Crippen LogP contribution in [0.2, 0.25) is 0 Å². The van der Waals surface area contributed by atoms with Crippen LogP contribution in [0.25, 0.3) is 32.8 Å². The first kappa shape index (κ1) is 28.0. The number of hydrogen-bond donors (Lipinski definition) is 2. The Kier molecular flexibility index (Phi) is 7.13. The fourth-order valence-corrected chi connectivity index (χ4v) is 5.88. The van der Waals surface area contributed by atoms with Gasteiger partial charge in [-0.05, 0) is 54.0 Å². The Balaban J connectivity index is 1.25. The summed E-state index contributed by atoms with van der Waals surface area (Å²) in [5.41, 5.74) is 4.80. The molecule has 2 N–H and O–H groups in total. The van der Waals surface area contributed by atoms with Gasteiger partial charge in [0.2, 0.25) is 0 Å². The van der Waals surface area contributed by atoms with Gasteiger partial charge in [0.25, 0.3) is 0 Å². The zero-order valence-corrected chi connectivity index (χ0v) is 24.2. The molecule has 0 aliphatic heterocycles. The van der Waals surface area contributed by atoms with E-state index in [4.69, 9.17) is 9.47 Å². The molecule has 4 aromatic carbocycles. The first-order valence-corrected chi connectivity index (χ1v) is 14.2. The Labute approximate surface area is 248 Å². The molecule has 6 rings (SSSR count). The van der Waals surface area contributed by atoms with Crippen molar-refractivity contribution in [1.29, 1.82) is 0 Å². The lowest BCUT2D eigenvalue weighted by Gasteiger charge is -2.20. The number of benzene rings is 4. The highest BCUT2D eigenvalue weighted by Crippen LogP contribution is 2.44. The first-order valence-electron chi connectivity index (χ1n) is 14.2. The Morgan fingerprint density at radius 3 is 2.14 bits per heavy atom. The van der Waals surface area contributed by atoms with Crippen LogP contribution in [0.5, 0.6) is 0 Å². The van der Waals surface area contributed by atoms with Crippen molar-refractivity contribution in [3.63, 3.8) is 0 Å². The van der Waals surface area contributed by atoms with Gasteiger partial charge < -0.3 is 19.9 Å². The second kappa shape index (κ2) is 10.9. The van der Waals surface area contributed by atoms with Gasteiger partial charge in [-0.15, -0.1) is 0 Å². The average molecular weight is 577 g/mol. The van der Waals surface area contributed by atoms with Crippen molar-refractivity contribution in [1.82, 2.24) is 9.88 Å². The maximum absolute atomic E-state index is 13.2. The van der Waals surface area contributed by atoms with E-state index in [9.17, 15) is 19.5 Å². The lowest BCUT2D eigenvalue weighted by atomic mass is 9.98. The topological polar surface area (TPSA) is 107 Å². The van der Waals surface area contributed by atoms with Crippen molar-refractivity contribution in [2.75, 3.05) is 6.61 Å². The minimum Gasteiger partial charge on any atom is -0.480 e. The maximum atomic E-state index is 13.2. The summed E-state index contributed by atoms with van der Waals surface area (Å²) in [6.45, 7) is 5.42. The van der Waals surface area contributed by atoms with Gasteiger partial charge in [0.15, 0.2) is 0 Å². The van der Waals surface area contributed by atoms with Crippen LogP contribution >= 0.6 is 0 Å². The molecule has 0 radical (unpaired) electrons. The molecule has 0 saturated carbocycles. The number of carboxylic acids is 1. The monoisotopic (exact) mass is 576 g/mol. The third kappa shape index (κ3) is 5.44. The van der Waals surface area contributed by atoms with Gasteiger partial charge >= 0.3 is 18.2 Å². The molecule has 5 aromatic rings. The highest BCUT2D eigenvalue weighted by Gasteiger charge is 2.30. The highest BCUT2D eigenvalue weighted by atomic mass is 16.6. The second-order valence-electron chi connectivity index (χ2n) is 11.8. The van der Waals surface area contributed by atoms with Gasteiger partial charge in [-0.3, -0.25) is 4.57 Å². The number of aromatic nitrogens is 1. The predicted molar refractivity (Wildman–Crippen MR) is 164 cm³/mol. The molecular weight excluding hydrogens is 544 g/mol. The molecule has 43 heavy (non-hydrogen) atoms. The van der Waals surface area contributed by atoms with Gasteiger partial charge in [-0.1, -0.05) is 84.9 Å². The molecule has 1 amide bonds. The SMILES string of the molecule is CC(C)(C)OC(=O)n1cc(C[C@H](NC(=O)OCC2c3ccccc3-c3ccccc32)C(=O)O)c2ccc3ccccc3c21. The number of nitrogens with zero attached hydrogens (tertiary/aromatic N) is 1. The number of alkyl carbamates (subject to hydrolysis) is 1. The molecule has 1 aliphatic carbocycles. The lowest BCUT2D eigenvalue weighted by molar-refractivity contribution is -0.139. The molecule has 0 unspecified atom stereocenters. The summed E-state index contributed by atoms with van der Waals surface area (Å²) in [4.78, 5) is 38.5. The minimum absolute atomic E-state index is 0.0653. The van der Waals surface area contributed by atoms with E-state index in [0.717, 1.165) is 33.0 Å². The van der Waals surface area contributed by atoms with E-state index < -0.39 is 29.8 Å². The van der Waals surface area contributed by atoms with Crippen LogP contribution in [-0.2, 0) is 20.7 Å². The quantitative estimate of drug-likeness (QED) is 0.223. The summed E-state index contributed by atoms with van der Waals surface area (Å²) in [6.07, 6.45) is 0.136. The zero-order chi connectivity index (χ0) is 30.3. The van der Waals surface area contributed by atoms with E-state index in [2.05, 4.69) is 5.32 Å². The summed E-state index contributed by atoms with van der Waals surface area (Å²) in [6, 6.07) is 26.1. The van der Waals surface area contributed by atoms with Crippen molar-refractivity contribution in [2.45, 2.75) is 44.8 Å². The molecule has 8 heteroatoms. The standard InChI is InChI=1S/C35H32N2O6/c1-35(2,3)43-34(41)37-19-22(24-17-16-21-10-4-5-11-23(21)31(24)37)18-30(32(38)39)36-33(40)42-20-29-27-14-8-6-12-25(27)26-13-7-9-15-28(26)29/h4-17,19,29-30H,18,20H2,1-3H3,(H,36,40)(H,38,39)/t30-/m0/s1. The Hall–Kier alpha value is -5.11. The third-order valence-corrected chi connectivity index (χ3v) is 7.72. The predicted octanol–water partition coefficient (Wildman–Crippen LogP) is 7.11. The van der Waals surface area contributed by atoms with Gasteiger partial charge in [0, 0.05) is 29.3 Å². The van der Waals surface area contributed by atoms with Crippen LogP contribution in [0.1, 0.15) is 43.4 Å². The average Bonchev–Trinajstić information content (AvgIpc) is 3.51. The molecule has 0 spiro atoms. The number of rotatable bonds is 6. The maximum Gasteiger partial charge on any atom is 0.419 e.